The summed E-state index contributed by atoms with van der Waals surface area (Å²) in [5, 5.41) is 11.2. The van der Waals surface area contributed by atoms with Crippen molar-refractivity contribution in [2.45, 2.75) is 83.8 Å². The Morgan fingerprint density at radius 1 is 1.13 bits per heavy atom. The SMILES string of the molecule is CCC[C@H]1CC[C@H]([C@H](O)c2cccc(OCc3ccccc3)c2)N1C(=O)OC(C)(C)C. The van der Waals surface area contributed by atoms with Crippen molar-refractivity contribution in [3.63, 3.8) is 0 Å². The third-order valence-corrected chi connectivity index (χ3v) is 5.58. The van der Waals surface area contributed by atoms with Crippen LogP contribution in [-0.4, -0.2) is 33.8 Å². The maximum atomic E-state index is 13.0. The number of carbonyl (C=O) groups excluding carboxylic acids is 1. The summed E-state index contributed by atoms with van der Waals surface area (Å²) < 4.78 is 11.6. The average molecular weight is 426 g/mol. The summed E-state index contributed by atoms with van der Waals surface area (Å²) in [5.41, 5.74) is 1.26. The first kappa shape index (κ1) is 23.1. The third kappa shape index (κ3) is 6.23. The van der Waals surface area contributed by atoms with E-state index in [0.717, 1.165) is 36.8 Å². The van der Waals surface area contributed by atoms with E-state index in [1.165, 1.54) is 0 Å². The van der Waals surface area contributed by atoms with Crippen molar-refractivity contribution in [2.24, 2.45) is 0 Å². The van der Waals surface area contributed by atoms with Crippen molar-refractivity contribution >= 4 is 6.09 Å². The van der Waals surface area contributed by atoms with Crippen LogP contribution in [0.15, 0.2) is 54.6 Å². The van der Waals surface area contributed by atoms with Crippen LogP contribution in [0.5, 0.6) is 5.75 Å². The smallest absolute Gasteiger partial charge is 0.410 e. The molecule has 0 aliphatic carbocycles. The van der Waals surface area contributed by atoms with E-state index in [9.17, 15) is 9.90 Å². The minimum atomic E-state index is -0.797. The molecule has 0 bridgehead atoms. The lowest BCUT2D eigenvalue weighted by Gasteiger charge is -2.34. The quantitative estimate of drug-likeness (QED) is 0.603. The van der Waals surface area contributed by atoms with Crippen LogP contribution < -0.4 is 4.74 Å². The Morgan fingerprint density at radius 3 is 2.55 bits per heavy atom. The van der Waals surface area contributed by atoms with Crippen molar-refractivity contribution in [1.29, 1.82) is 0 Å². The van der Waals surface area contributed by atoms with Gasteiger partial charge in [-0.2, -0.15) is 0 Å². The number of aliphatic hydroxyl groups excluding tert-OH is 1. The first-order valence-corrected chi connectivity index (χ1v) is 11.2. The number of carbonyl (C=O) groups is 1. The van der Waals surface area contributed by atoms with Gasteiger partial charge in [-0.1, -0.05) is 55.8 Å². The van der Waals surface area contributed by atoms with Crippen LogP contribution in [0.2, 0.25) is 0 Å². The van der Waals surface area contributed by atoms with Crippen LogP contribution in [-0.2, 0) is 11.3 Å². The molecule has 0 unspecified atom stereocenters. The molecule has 1 aliphatic rings. The number of nitrogens with zero attached hydrogens (tertiary/aromatic N) is 1. The van der Waals surface area contributed by atoms with E-state index in [2.05, 4.69) is 6.92 Å². The second-order valence-electron chi connectivity index (χ2n) is 9.27. The molecule has 0 spiro atoms. The molecule has 2 aromatic carbocycles. The standard InChI is InChI=1S/C26H35NO4/c1-5-10-21-15-16-23(27(21)25(29)31-26(2,3)4)24(28)20-13-9-14-22(17-20)30-18-19-11-7-6-8-12-19/h6-9,11-14,17,21,23-24,28H,5,10,15-16,18H2,1-4H3/t21-,23+,24+/m0/s1. The van der Waals surface area contributed by atoms with Crippen molar-refractivity contribution < 1.29 is 19.4 Å². The van der Waals surface area contributed by atoms with Gasteiger partial charge < -0.3 is 14.6 Å². The fraction of sp³-hybridized carbons (Fsp3) is 0.500. The molecule has 0 radical (unpaired) electrons. The fourth-order valence-electron chi connectivity index (χ4n) is 4.19. The highest BCUT2D eigenvalue weighted by molar-refractivity contribution is 5.69. The average Bonchev–Trinajstić information content (AvgIpc) is 3.15. The molecular formula is C26H35NO4. The molecule has 1 heterocycles. The number of hydrogen-bond acceptors (Lipinski definition) is 4. The van der Waals surface area contributed by atoms with Crippen LogP contribution in [0.1, 0.15) is 70.6 Å². The number of rotatable bonds is 7. The van der Waals surface area contributed by atoms with E-state index in [0.29, 0.717) is 12.4 Å². The molecule has 3 atom stereocenters. The molecule has 1 saturated heterocycles. The molecule has 1 fully saturated rings. The zero-order valence-electron chi connectivity index (χ0n) is 19.1. The lowest BCUT2D eigenvalue weighted by molar-refractivity contribution is -0.00541. The molecule has 1 aliphatic heterocycles. The van der Waals surface area contributed by atoms with E-state index in [4.69, 9.17) is 9.47 Å². The van der Waals surface area contributed by atoms with E-state index >= 15 is 0 Å². The van der Waals surface area contributed by atoms with Gasteiger partial charge in [0.25, 0.3) is 0 Å². The Balaban J connectivity index is 1.75. The van der Waals surface area contributed by atoms with Gasteiger partial charge in [0.05, 0.1) is 12.1 Å². The minimum absolute atomic E-state index is 0.0945. The monoisotopic (exact) mass is 425 g/mol. The van der Waals surface area contributed by atoms with Crippen LogP contribution in [0, 0.1) is 0 Å². The number of amides is 1. The predicted octanol–water partition coefficient (Wildman–Crippen LogP) is 5.87. The molecule has 3 rings (SSSR count). The third-order valence-electron chi connectivity index (χ3n) is 5.58. The summed E-state index contributed by atoms with van der Waals surface area (Å²) in [6.07, 6.45) is 2.37. The van der Waals surface area contributed by atoms with Gasteiger partial charge in [-0.05, 0) is 63.3 Å². The zero-order chi connectivity index (χ0) is 22.4. The molecule has 2 aromatic rings. The second-order valence-corrected chi connectivity index (χ2v) is 9.27. The summed E-state index contributed by atoms with van der Waals surface area (Å²) >= 11 is 0. The van der Waals surface area contributed by atoms with Gasteiger partial charge in [0, 0.05) is 6.04 Å². The largest absolute Gasteiger partial charge is 0.489 e. The summed E-state index contributed by atoms with van der Waals surface area (Å²) in [6, 6.07) is 17.3. The summed E-state index contributed by atoms with van der Waals surface area (Å²) in [6.45, 7) is 8.19. The fourth-order valence-corrected chi connectivity index (χ4v) is 4.19. The molecular weight excluding hydrogens is 390 g/mol. The zero-order valence-corrected chi connectivity index (χ0v) is 19.1. The van der Waals surface area contributed by atoms with E-state index in [1.54, 1.807) is 4.90 Å². The Morgan fingerprint density at radius 2 is 1.87 bits per heavy atom. The molecule has 5 nitrogen and oxygen atoms in total. The van der Waals surface area contributed by atoms with Crippen LogP contribution in [0.25, 0.3) is 0 Å². The van der Waals surface area contributed by atoms with Crippen molar-refractivity contribution in [2.75, 3.05) is 0 Å². The van der Waals surface area contributed by atoms with Crippen LogP contribution >= 0.6 is 0 Å². The first-order valence-electron chi connectivity index (χ1n) is 11.2. The molecule has 0 saturated carbocycles. The molecule has 0 aromatic heterocycles. The van der Waals surface area contributed by atoms with Gasteiger partial charge in [0.15, 0.2) is 0 Å². The maximum Gasteiger partial charge on any atom is 0.410 e. The maximum absolute atomic E-state index is 13.0. The lowest BCUT2D eigenvalue weighted by atomic mass is 10.00. The number of ether oxygens (including phenoxy) is 2. The van der Waals surface area contributed by atoms with E-state index in [-0.39, 0.29) is 18.2 Å². The Labute approximate surface area is 186 Å². The number of aliphatic hydroxyl groups is 1. The number of likely N-dealkylation sites (tertiary alicyclic amines) is 1. The van der Waals surface area contributed by atoms with E-state index in [1.807, 2.05) is 75.4 Å². The number of benzene rings is 2. The highest BCUT2D eigenvalue weighted by atomic mass is 16.6. The summed E-state index contributed by atoms with van der Waals surface area (Å²) in [5.74, 6) is 0.701. The van der Waals surface area contributed by atoms with Crippen molar-refractivity contribution in [3.8, 4) is 5.75 Å². The van der Waals surface area contributed by atoms with Crippen molar-refractivity contribution in [1.82, 2.24) is 4.90 Å². The van der Waals surface area contributed by atoms with Gasteiger partial charge in [0.2, 0.25) is 0 Å². The van der Waals surface area contributed by atoms with Gasteiger partial charge in [-0.3, -0.25) is 4.90 Å². The van der Waals surface area contributed by atoms with Gasteiger partial charge in [-0.25, -0.2) is 4.79 Å². The van der Waals surface area contributed by atoms with Crippen LogP contribution in [0.3, 0.4) is 0 Å². The molecule has 1 N–H and O–H groups in total. The Kier molecular flexibility index (Phi) is 7.60. The normalized spacial score (nSPS) is 19.8. The molecule has 1 amide bonds. The van der Waals surface area contributed by atoms with Gasteiger partial charge in [-0.15, -0.1) is 0 Å². The molecule has 31 heavy (non-hydrogen) atoms. The molecule has 5 heteroatoms. The number of hydrogen-bond donors (Lipinski definition) is 1. The molecule has 168 valence electrons. The van der Waals surface area contributed by atoms with Gasteiger partial charge in [0.1, 0.15) is 18.0 Å². The van der Waals surface area contributed by atoms with Crippen LogP contribution in [0.4, 0.5) is 4.79 Å². The van der Waals surface area contributed by atoms with Crippen molar-refractivity contribution in [3.05, 3.63) is 65.7 Å². The highest BCUT2D eigenvalue weighted by Gasteiger charge is 2.42. The first-order chi connectivity index (χ1) is 14.8. The Hall–Kier alpha value is -2.53. The summed E-state index contributed by atoms with van der Waals surface area (Å²) in [7, 11) is 0. The topological polar surface area (TPSA) is 59.0 Å². The highest BCUT2D eigenvalue weighted by Crippen LogP contribution is 2.36. The van der Waals surface area contributed by atoms with E-state index < -0.39 is 11.7 Å². The predicted molar refractivity (Wildman–Crippen MR) is 122 cm³/mol. The minimum Gasteiger partial charge on any atom is -0.489 e. The van der Waals surface area contributed by atoms with Gasteiger partial charge >= 0.3 is 6.09 Å². The Bertz CT molecular complexity index is 846. The lowest BCUT2D eigenvalue weighted by Crippen LogP contribution is -2.46. The summed E-state index contributed by atoms with van der Waals surface area (Å²) in [4.78, 5) is 14.8. The second kappa shape index (κ2) is 10.2.